The number of hydrogen-bond donors (Lipinski definition) is 1. The van der Waals surface area contributed by atoms with Crippen molar-refractivity contribution in [2.24, 2.45) is 0 Å². The lowest BCUT2D eigenvalue weighted by Gasteiger charge is -2.19. The van der Waals surface area contributed by atoms with Gasteiger partial charge in [-0.15, -0.1) is 10.2 Å². The Kier molecular flexibility index (Phi) is 4.28. The van der Waals surface area contributed by atoms with Gasteiger partial charge in [0.2, 0.25) is 0 Å². The molecular formula is C17H23N3OS. The second kappa shape index (κ2) is 6.05. The average molecular weight is 317 g/mol. The molecule has 22 heavy (non-hydrogen) atoms. The Morgan fingerprint density at radius 2 is 1.86 bits per heavy atom. The minimum atomic E-state index is -0.0374. The second-order valence-corrected chi connectivity index (χ2v) is 7.84. The summed E-state index contributed by atoms with van der Waals surface area (Å²) in [6.45, 7) is 6.65. The van der Waals surface area contributed by atoms with Crippen LogP contribution in [0.25, 0.3) is 0 Å². The molecule has 1 aliphatic carbocycles. The van der Waals surface area contributed by atoms with Crippen LogP contribution in [-0.4, -0.2) is 19.9 Å². The fourth-order valence-corrected chi connectivity index (χ4v) is 3.44. The van der Waals surface area contributed by atoms with Crippen molar-refractivity contribution in [3.63, 3.8) is 0 Å². The summed E-state index contributed by atoms with van der Waals surface area (Å²) in [5.41, 5.74) is 2.83. The maximum Gasteiger partial charge on any atom is 0.191 e. The number of thioether (sulfide) groups is 1. The third-order valence-electron chi connectivity index (χ3n) is 3.98. The summed E-state index contributed by atoms with van der Waals surface area (Å²) >= 11 is 1.70. The monoisotopic (exact) mass is 317 g/mol. The molecule has 0 amide bonds. The van der Waals surface area contributed by atoms with Gasteiger partial charge in [0.05, 0.1) is 0 Å². The number of hydrogen-bond acceptors (Lipinski definition) is 4. The van der Waals surface area contributed by atoms with Gasteiger partial charge < -0.3 is 9.67 Å². The lowest BCUT2D eigenvalue weighted by atomic mass is 9.87. The molecule has 0 atom stereocenters. The van der Waals surface area contributed by atoms with Gasteiger partial charge in [0.15, 0.2) is 11.0 Å². The minimum Gasteiger partial charge on any atom is -0.388 e. The molecule has 1 saturated carbocycles. The molecule has 1 aromatic heterocycles. The van der Waals surface area contributed by atoms with Crippen molar-refractivity contribution in [2.45, 2.75) is 62.6 Å². The average Bonchev–Trinajstić information content (AvgIpc) is 3.24. The Labute approximate surface area is 136 Å². The molecule has 2 aromatic rings. The lowest BCUT2D eigenvalue weighted by Crippen LogP contribution is -2.10. The molecule has 0 aliphatic heterocycles. The summed E-state index contributed by atoms with van der Waals surface area (Å²) in [5, 5.41) is 18.6. The van der Waals surface area contributed by atoms with Crippen LogP contribution < -0.4 is 0 Å². The summed E-state index contributed by atoms with van der Waals surface area (Å²) in [7, 11) is 0. The third kappa shape index (κ3) is 3.36. The molecule has 118 valence electrons. The first-order valence-corrected chi connectivity index (χ1v) is 8.74. The Hall–Kier alpha value is -1.33. The molecule has 1 fully saturated rings. The molecule has 1 heterocycles. The zero-order chi connectivity index (χ0) is 15.7. The van der Waals surface area contributed by atoms with Crippen molar-refractivity contribution in [1.82, 2.24) is 14.8 Å². The molecule has 0 saturated heterocycles. The first-order valence-electron chi connectivity index (χ1n) is 7.76. The van der Waals surface area contributed by atoms with E-state index in [1.54, 1.807) is 11.8 Å². The maximum absolute atomic E-state index is 9.37. The lowest BCUT2D eigenvalue weighted by molar-refractivity contribution is 0.263. The van der Waals surface area contributed by atoms with Crippen molar-refractivity contribution in [3.8, 4) is 0 Å². The Bertz CT molecular complexity index is 639. The summed E-state index contributed by atoms with van der Waals surface area (Å²) in [4.78, 5) is 0. The molecule has 3 rings (SSSR count). The van der Waals surface area contributed by atoms with Crippen LogP contribution in [0.4, 0.5) is 0 Å². The van der Waals surface area contributed by atoms with Crippen molar-refractivity contribution in [1.29, 1.82) is 0 Å². The summed E-state index contributed by atoms with van der Waals surface area (Å²) in [6, 6.07) is 9.29. The van der Waals surface area contributed by atoms with Crippen molar-refractivity contribution in [3.05, 3.63) is 41.2 Å². The molecule has 0 spiro atoms. The van der Waals surface area contributed by atoms with Crippen LogP contribution in [0.15, 0.2) is 29.4 Å². The van der Waals surface area contributed by atoms with E-state index in [0.29, 0.717) is 11.9 Å². The van der Waals surface area contributed by atoms with Gasteiger partial charge in [-0.1, -0.05) is 56.8 Å². The fourth-order valence-electron chi connectivity index (χ4n) is 2.46. The number of aliphatic hydroxyl groups excluding tert-OH is 1. The van der Waals surface area contributed by atoms with Gasteiger partial charge in [-0.2, -0.15) is 0 Å². The van der Waals surface area contributed by atoms with Gasteiger partial charge in [-0.25, -0.2) is 0 Å². The summed E-state index contributed by atoms with van der Waals surface area (Å²) in [6.07, 6.45) is 2.33. The van der Waals surface area contributed by atoms with E-state index in [2.05, 4.69) is 59.8 Å². The highest BCUT2D eigenvalue weighted by molar-refractivity contribution is 7.98. The van der Waals surface area contributed by atoms with Gasteiger partial charge in [0, 0.05) is 11.8 Å². The molecular weight excluding hydrogens is 294 g/mol. The molecule has 1 N–H and O–H groups in total. The van der Waals surface area contributed by atoms with E-state index in [9.17, 15) is 5.11 Å². The topological polar surface area (TPSA) is 50.9 Å². The van der Waals surface area contributed by atoms with Crippen LogP contribution >= 0.6 is 11.8 Å². The Morgan fingerprint density at radius 3 is 2.41 bits per heavy atom. The van der Waals surface area contributed by atoms with Gasteiger partial charge in [0.1, 0.15) is 6.61 Å². The largest absolute Gasteiger partial charge is 0.388 e. The smallest absolute Gasteiger partial charge is 0.191 e. The van der Waals surface area contributed by atoms with E-state index < -0.39 is 0 Å². The third-order valence-corrected chi connectivity index (χ3v) is 4.99. The zero-order valence-electron chi connectivity index (χ0n) is 13.4. The maximum atomic E-state index is 9.37. The van der Waals surface area contributed by atoms with Gasteiger partial charge in [-0.3, -0.25) is 0 Å². The van der Waals surface area contributed by atoms with Crippen molar-refractivity contribution in [2.75, 3.05) is 0 Å². The van der Waals surface area contributed by atoms with Crippen LogP contribution in [0.1, 0.15) is 56.6 Å². The van der Waals surface area contributed by atoms with E-state index in [4.69, 9.17) is 0 Å². The standard InChI is InChI=1S/C17H23N3OS/c1-17(2,3)13-6-4-12(5-7-13)11-22-16-19-18-15(10-21)20(16)14-8-9-14/h4-7,14,21H,8-11H2,1-3H3. The van der Waals surface area contributed by atoms with E-state index in [1.807, 2.05) is 0 Å². The molecule has 0 unspecified atom stereocenters. The highest BCUT2D eigenvalue weighted by Crippen LogP contribution is 2.39. The summed E-state index contributed by atoms with van der Waals surface area (Å²) < 4.78 is 2.11. The number of rotatable bonds is 5. The van der Waals surface area contributed by atoms with Crippen molar-refractivity contribution >= 4 is 11.8 Å². The van der Waals surface area contributed by atoms with E-state index >= 15 is 0 Å². The predicted octanol–water partition coefficient (Wildman–Crippen LogP) is 3.70. The number of aliphatic hydroxyl groups is 1. The number of nitrogens with zero attached hydrogens (tertiary/aromatic N) is 3. The van der Waals surface area contributed by atoms with E-state index in [0.717, 1.165) is 10.9 Å². The quantitative estimate of drug-likeness (QED) is 0.854. The molecule has 5 heteroatoms. The van der Waals surface area contributed by atoms with Crippen LogP contribution in [0.2, 0.25) is 0 Å². The van der Waals surface area contributed by atoms with Crippen LogP contribution in [-0.2, 0) is 17.8 Å². The van der Waals surface area contributed by atoms with Crippen LogP contribution in [0.5, 0.6) is 0 Å². The van der Waals surface area contributed by atoms with Crippen LogP contribution in [0, 0.1) is 0 Å². The van der Waals surface area contributed by atoms with Gasteiger partial charge in [0.25, 0.3) is 0 Å². The minimum absolute atomic E-state index is 0.0374. The predicted molar refractivity (Wildman–Crippen MR) is 88.9 cm³/mol. The first kappa shape index (κ1) is 15.6. The zero-order valence-corrected chi connectivity index (χ0v) is 14.2. The highest BCUT2D eigenvalue weighted by atomic mass is 32.2. The van der Waals surface area contributed by atoms with Crippen LogP contribution in [0.3, 0.4) is 0 Å². The molecule has 1 aromatic carbocycles. The molecule has 1 aliphatic rings. The Morgan fingerprint density at radius 1 is 1.18 bits per heavy atom. The molecule has 4 nitrogen and oxygen atoms in total. The highest BCUT2D eigenvalue weighted by Gasteiger charge is 2.29. The van der Waals surface area contributed by atoms with E-state index in [1.165, 1.54) is 24.0 Å². The fraction of sp³-hybridized carbons (Fsp3) is 0.529. The SMILES string of the molecule is CC(C)(C)c1ccc(CSc2nnc(CO)n2C2CC2)cc1. The first-order chi connectivity index (χ1) is 10.5. The number of benzene rings is 1. The Balaban J connectivity index is 1.69. The normalized spacial score (nSPS) is 15.3. The van der Waals surface area contributed by atoms with E-state index in [-0.39, 0.29) is 12.0 Å². The van der Waals surface area contributed by atoms with Gasteiger partial charge >= 0.3 is 0 Å². The van der Waals surface area contributed by atoms with Crippen molar-refractivity contribution < 1.29 is 5.11 Å². The number of aromatic nitrogens is 3. The summed E-state index contributed by atoms with van der Waals surface area (Å²) in [5.74, 6) is 1.56. The molecule has 0 bridgehead atoms. The molecule has 0 radical (unpaired) electrons. The van der Waals surface area contributed by atoms with Gasteiger partial charge in [-0.05, 0) is 29.4 Å². The second-order valence-electron chi connectivity index (χ2n) is 6.89.